The highest BCUT2D eigenvalue weighted by atomic mass is 16.5. The van der Waals surface area contributed by atoms with E-state index in [-0.39, 0.29) is 49.3 Å². The minimum Gasteiger partial charge on any atom is -0.466 e. The predicted molar refractivity (Wildman–Crippen MR) is 112 cm³/mol. The Hall–Kier alpha value is -2.16. The molecule has 1 aliphatic rings. The third-order valence-corrected chi connectivity index (χ3v) is 4.74. The number of ketones is 1. The molecule has 1 saturated heterocycles. The van der Waals surface area contributed by atoms with E-state index >= 15 is 0 Å². The van der Waals surface area contributed by atoms with Gasteiger partial charge < -0.3 is 19.7 Å². The van der Waals surface area contributed by atoms with E-state index in [9.17, 15) is 19.2 Å². The fourth-order valence-corrected chi connectivity index (χ4v) is 2.82. The second kappa shape index (κ2) is 11.3. The molecule has 0 aliphatic carbocycles. The first-order valence-electron chi connectivity index (χ1n) is 10.3. The van der Waals surface area contributed by atoms with Gasteiger partial charge >= 0.3 is 6.09 Å². The molecule has 1 aliphatic heterocycles. The number of piperazine rings is 1. The van der Waals surface area contributed by atoms with Gasteiger partial charge in [0.15, 0.2) is 5.78 Å². The summed E-state index contributed by atoms with van der Waals surface area (Å²) in [4.78, 5) is 50.9. The number of rotatable bonds is 9. The van der Waals surface area contributed by atoms with Crippen molar-refractivity contribution >= 4 is 24.3 Å². The lowest BCUT2D eigenvalue weighted by Crippen LogP contribution is -2.58. The molecule has 1 atom stereocenters. The third kappa shape index (κ3) is 9.56. The van der Waals surface area contributed by atoms with E-state index in [0.717, 1.165) is 0 Å². The quantitative estimate of drug-likeness (QED) is 0.555. The lowest BCUT2D eigenvalue weighted by Gasteiger charge is -2.41. The SMILES string of the molecule is CC(C)(C)COC(=O)NCCC(=O)N1CCN(CC(=O)C(C)(C)C)C(COC=O)C1. The predicted octanol–water partition coefficient (Wildman–Crippen LogP) is 1.45. The molecule has 1 fully saturated rings. The lowest BCUT2D eigenvalue weighted by atomic mass is 9.90. The van der Waals surface area contributed by atoms with Crippen molar-refractivity contribution in [2.75, 3.05) is 45.9 Å². The average molecular weight is 428 g/mol. The summed E-state index contributed by atoms with van der Waals surface area (Å²) >= 11 is 0. The van der Waals surface area contributed by atoms with E-state index in [1.54, 1.807) is 4.90 Å². The summed E-state index contributed by atoms with van der Waals surface area (Å²) in [5, 5.41) is 2.59. The van der Waals surface area contributed by atoms with Crippen LogP contribution in [0.3, 0.4) is 0 Å². The normalized spacial score (nSPS) is 17.9. The van der Waals surface area contributed by atoms with Crippen molar-refractivity contribution in [2.45, 2.75) is 54.0 Å². The Morgan fingerprint density at radius 1 is 1.10 bits per heavy atom. The fourth-order valence-electron chi connectivity index (χ4n) is 2.82. The molecule has 1 heterocycles. The number of nitrogens with zero attached hydrogens (tertiary/aromatic N) is 2. The van der Waals surface area contributed by atoms with Gasteiger partial charge in [-0.2, -0.15) is 0 Å². The Balaban J connectivity index is 2.53. The minimum atomic E-state index is -0.541. The number of nitrogens with one attached hydrogen (secondary N) is 1. The van der Waals surface area contributed by atoms with Gasteiger partial charge in [0.05, 0.1) is 19.2 Å². The minimum absolute atomic E-state index is 0.0938. The van der Waals surface area contributed by atoms with Crippen LogP contribution in [0.5, 0.6) is 0 Å². The van der Waals surface area contributed by atoms with Crippen LogP contribution in [0.15, 0.2) is 0 Å². The first-order valence-corrected chi connectivity index (χ1v) is 10.3. The summed E-state index contributed by atoms with van der Waals surface area (Å²) in [6.07, 6.45) is -0.396. The first kappa shape index (κ1) is 25.9. The van der Waals surface area contributed by atoms with Crippen LogP contribution in [-0.2, 0) is 23.9 Å². The summed E-state index contributed by atoms with van der Waals surface area (Å²) in [6, 6.07) is -0.246. The summed E-state index contributed by atoms with van der Waals surface area (Å²) in [5.41, 5.74) is -0.587. The fraction of sp³-hybridized carbons (Fsp3) is 0.810. The van der Waals surface area contributed by atoms with E-state index in [1.807, 2.05) is 46.4 Å². The second-order valence-electron chi connectivity index (χ2n) is 9.88. The lowest BCUT2D eigenvalue weighted by molar-refractivity contribution is -0.138. The molecule has 1 unspecified atom stereocenters. The number of hydrogen-bond donors (Lipinski definition) is 1. The smallest absolute Gasteiger partial charge is 0.407 e. The Labute approximate surface area is 179 Å². The topological polar surface area (TPSA) is 105 Å². The second-order valence-corrected chi connectivity index (χ2v) is 9.88. The molecular weight excluding hydrogens is 390 g/mol. The van der Waals surface area contributed by atoms with Gasteiger partial charge in [0.2, 0.25) is 5.91 Å². The Kier molecular flexibility index (Phi) is 9.74. The summed E-state index contributed by atoms with van der Waals surface area (Å²) < 4.78 is 10.0. The Bertz CT molecular complexity index is 609. The van der Waals surface area contributed by atoms with Crippen molar-refractivity contribution in [2.24, 2.45) is 10.8 Å². The molecule has 0 aromatic heterocycles. The van der Waals surface area contributed by atoms with E-state index < -0.39 is 11.5 Å². The van der Waals surface area contributed by atoms with Crippen molar-refractivity contribution in [3.8, 4) is 0 Å². The van der Waals surface area contributed by atoms with Crippen LogP contribution < -0.4 is 5.32 Å². The maximum absolute atomic E-state index is 12.5. The number of carbonyl (C=O) groups excluding carboxylic acids is 4. The van der Waals surface area contributed by atoms with E-state index in [4.69, 9.17) is 9.47 Å². The number of hydrogen-bond acceptors (Lipinski definition) is 7. The van der Waals surface area contributed by atoms with Crippen LogP contribution in [0.1, 0.15) is 48.0 Å². The van der Waals surface area contributed by atoms with Crippen LogP contribution >= 0.6 is 0 Å². The number of Topliss-reactive ketones (excluding diaryl/α,β-unsaturated/α-hetero) is 1. The van der Waals surface area contributed by atoms with Gasteiger partial charge in [0, 0.05) is 38.0 Å². The van der Waals surface area contributed by atoms with Crippen LogP contribution in [0.4, 0.5) is 4.79 Å². The average Bonchev–Trinajstić information content (AvgIpc) is 2.64. The van der Waals surface area contributed by atoms with Gasteiger partial charge in [-0.25, -0.2) is 4.79 Å². The van der Waals surface area contributed by atoms with E-state index in [2.05, 4.69) is 5.32 Å². The Morgan fingerprint density at radius 3 is 2.33 bits per heavy atom. The number of carbonyl (C=O) groups is 4. The van der Waals surface area contributed by atoms with E-state index in [0.29, 0.717) is 32.7 Å². The highest BCUT2D eigenvalue weighted by Gasteiger charge is 2.33. The molecule has 1 N–H and O–H groups in total. The van der Waals surface area contributed by atoms with E-state index in [1.165, 1.54) is 0 Å². The molecule has 2 amide bonds. The highest BCUT2D eigenvalue weighted by molar-refractivity contribution is 5.85. The number of amides is 2. The van der Waals surface area contributed by atoms with Gasteiger partial charge in [-0.1, -0.05) is 41.5 Å². The monoisotopic (exact) mass is 427 g/mol. The molecule has 30 heavy (non-hydrogen) atoms. The van der Waals surface area contributed by atoms with Gasteiger partial charge in [-0.05, 0) is 5.41 Å². The molecule has 9 nitrogen and oxygen atoms in total. The highest BCUT2D eigenvalue weighted by Crippen LogP contribution is 2.18. The van der Waals surface area contributed by atoms with Crippen molar-refractivity contribution in [3.63, 3.8) is 0 Å². The molecular formula is C21H37N3O6. The molecule has 9 heteroatoms. The van der Waals surface area contributed by atoms with Crippen molar-refractivity contribution < 1.29 is 28.7 Å². The zero-order chi connectivity index (χ0) is 22.9. The maximum Gasteiger partial charge on any atom is 0.407 e. The van der Waals surface area contributed by atoms with Crippen LogP contribution in [0, 0.1) is 10.8 Å². The summed E-state index contributed by atoms with van der Waals surface area (Å²) in [7, 11) is 0. The van der Waals surface area contributed by atoms with Crippen LogP contribution in [0.2, 0.25) is 0 Å². The molecule has 0 radical (unpaired) electrons. The summed E-state index contributed by atoms with van der Waals surface area (Å²) in [6.45, 7) is 14.0. The molecule has 0 saturated carbocycles. The van der Waals surface area contributed by atoms with Crippen molar-refractivity contribution in [3.05, 3.63) is 0 Å². The van der Waals surface area contributed by atoms with Crippen LogP contribution in [0.25, 0.3) is 0 Å². The van der Waals surface area contributed by atoms with Gasteiger partial charge in [0.25, 0.3) is 6.47 Å². The van der Waals surface area contributed by atoms with Gasteiger partial charge in [-0.3, -0.25) is 19.3 Å². The van der Waals surface area contributed by atoms with Crippen molar-refractivity contribution in [1.82, 2.24) is 15.1 Å². The zero-order valence-corrected chi connectivity index (χ0v) is 19.2. The Morgan fingerprint density at radius 2 is 1.77 bits per heavy atom. The molecule has 0 bridgehead atoms. The third-order valence-electron chi connectivity index (χ3n) is 4.74. The molecule has 0 aromatic rings. The first-order chi connectivity index (χ1) is 13.8. The molecule has 1 rings (SSSR count). The largest absolute Gasteiger partial charge is 0.466 e. The summed E-state index contributed by atoms with van der Waals surface area (Å²) in [5.74, 6) is -0.0135. The standard InChI is InChI=1S/C21H37N3O6/c1-20(2,3)14-30-19(28)22-8-7-18(27)24-10-9-23(12-17(26)21(4,5)6)16(11-24)13-29-15-25/h15-16H,7-14H2,1-6H3,(H,22,28). The van der Waals surface area contributed by atoms with Crippen molar-refractivity contribution in [1.29, 1.82) is 0 Å². The maximum atomic E-state index is 12.5. The molecule has 0 aromatic carbocycles. The molecule has 0 spiro atoms. The van der Waals surface area contributed by atoms with Gasteiger partial charge in [0.1, 0.15) is 6.61 Å². The van der Waals surface area contributed by atoms with Gasteiger partial charge in [-0.15, -0.1) is 0 Å². The number of alkyl carbamates (subject to hydrolysis) is 1. The van der Waals surface area contributed by atoms with Crippen LogP contribution in [-0.4, -0.2) is 86.0 Å². The zero-order valence-electron chi connectivity index (χ0n) is 19.2. The number of ether oxygens (including phenoxy) is 2. The molecule has 172 valence electrons.